The number of aryl methyl sites for hydroxylation is 2. The Morgan fingerprint density at radius 2 is 2.17 bits per heavy atom. The van der Waals surface area contributed by atoms with Crippen molar-refractivity contribution in [3.05, 3.63) is 59.7 Å². The van der Waals surface area contributed by atoms with Gasteiger partial charge in [-0.3, -0.25) is 9.48 Å². The van der Waals surface area contributed by atoms with Crippen molar-refractivity contribution in [1.82, 2.24) is 28.8 Å². The lowest BCUT2D eigenvalue weighted by Gasteiger charge is -2.22. The summed E-state index contributed by atoms with van der Waals surface area (Å²) < 4.78 is 5.42. The van der Waals surface area contributed by atoms with Crippen LogP contribution in [-0.2, 0) is 27.2 Å². The van der Waals surface area contributed by atoms with Crippen LogP contribution in [0.5, 0.6) is 0 Å². The quantitative estimate of drug-likeness (QED) is 0.685. The van der Waals surface area contributed by atoms with Crippen LogP contribution in [-0.4, -0.2) is 41.3 Å². The highest BCUT2D eigenvalue weighted by Crippen LogP contribution is 2.16. The molecule has 0 aliphatic carbocycles. The molecule has 0 aromatic carbocycles. The van der Waals surface area contributed by atoms with E-state index in [1.165, 1.54) is 0 Å². The van der Waals surface area contributed by atoms with Crippen molar-refractivity contribution in [3.8, 4) is 0 Å². The third-order valence-electron chi connectivity index (χ3n) is 3.80. The first-order chi connectivity index (χ1) is 11.5. The minimum atomic E-state index is -0.0617. The molecule has 0 N–H and O–H groups in total. The van der Waals surface area contributed by atoms with Gasteiger partial charge in [-0.15, -0.1) is 0 Å². The van der Waals surface area contributed by atoms with E-state index in [0.717, 1.165) is 5.56 Å². The fourth-order valence-electron chi connectivity index (χ4n) is 2.58. The molecule has 1 amide bonds. The second kappa shape index (κ2) is 6.92. The number of carbonyl (C=O) groups is 1. The van der Waals surface area contributed by atoms with E-state index in [1.807, 2.05) is 31.1 Å². The Balaban J connectivity index is 1.79. The van der Waals surface area contributed by atoms with Crippen LogP contribution >= 0.6 is 11.6 Å². The zero-order valence-electron chi connectivity index (χ0n) is 13.6. The average Bonchev–Trinajstić information content (AvgIpc) is 3.25. The molecule has 0 radical (unpaired) electrons. The van der Waals surface area contributed by atoms with Crippen molar-refractivity contribution >= 4 is 17.5 Å². The first-order valence-electron chi connectivity index (χ1n) is 7.57. The van der Waals surface area contributed by atoms with Crippen molar-refractivity contribution in [2.75, 3.05) is 6.54 Å². The standard InChI is InChI=1S/C16H19ClN6O/c1-20-11-14(17)7-15(20)16(24)23(6-5-22-4-3-18-12-22)10-13-8-19-21(2)9-13/h3-4,7-9,11-12H,5-6,10H2,1-2H3. The van der Waals surface area contributed by atoms with Gasteiger partial charge >= 0.3 is 0 Å². The number of imidazole rings is 1. The molecule has 0 atom stereocenters. The topological polar surface area (TPSA) is 60.9 Å². The summed E-state index contributed by atoms with van der Waals surface area (Å²) in [6.45, 7) is 1.72. The Morgan fingerprint density at radius 1 is 1.33 bits per heavy atom. The molecule has 0 aliphatic heterocycles. The van der Waals surface area contributed by atoms with Crippen LogP contribution in [0, 0.1) is 0 Å². The third-order valence-corrected chi connectivity index (χ3v) is 4.00. The van der Waals surface area contributed by atoms with E-state index in [1.54, 1.807) is 45.1 Å². The maximum absolute atomic E-state index is 12.9. The van der Waals surface area contributed by atoms with Crippen LogP contribution in [0.1, 0.15) is 16.1 Å². The molecule has 3 aromatic heterocycles. The highest BCUT2D eigenvalue weighted by molar-refractivity contribution is 6.31. The fourth-order valence-corrected chi connectivity index (χ4v) is 2.83. The molecule has 126 valence electrons. The van der Waals surface area contributed by atoms with E-state index in [2.05, 4.69) is 10.1 Å². The van der Waals surface area contributed by atoms with Gasteiger partial charge in [0.05, 0.1) is 17.5 Å². The second-order valence-corrected chi connectivity index (χ2v) is 6.14. The minimum absolute atomic E-state index is 0.0617. The molecule has 3 heterocycles. The summed E-state index contributed by atoms with van der Waals surface area (Å²) in [5.74, 6) is -0.0617. The van der Waals surface area contributed by atoms with Gasteiger partial charge in [0.1, 0.15) is 5.69 Å². The summed E-state index contributed by atoms with van der Waals surface area (Å²) in [5.41, 5.74) is 1.55. The maximum atomic E-state index is 12.9. The van der Waals surface area contributed by atoms with Crippen LogP contribution in [0.2, 0.25) is 5.02 Å². The number of nitrogens with zero attached hydrogens (tertiary/aromatic N) is 6. The Morgan fingerprint density at radius 3 is 2.75 bits per heavy atom. The molecule has 24 heavy (non-hydrogen) atoms. The Hall–Kier alpha value is -2.54. The fraction of sp³-hybridized carbons (Fsp3) is 0.312. The van der Waals surface area contributed by atoms with E-state index in [4.69, 9.17) is 11.6 Å². The lowest BCUT2D eigenvalue weighted by atomic mass is 10.3. The van der Waals surface area contributed by atoms with Gasteiger partial charge in [-0.2, -0.15) is 5.10 Å². The number of amides is 1. The second-order valence-electron chi connectivity index (χ2n) is 5.70. The van der Waals surface area contributed by atoms with Crippen LogP contribution in [0.25, 0.3) is 0 Å². The van der Waals surface area contributed by atoms with Gasteiger partial charge in [0, 0.05) is 64.1 Å². The molecule has 0 aliphatic rings. The predicted octanol–water partition coefficient (Wildman–Crippen LogP) is 1.95. The lowest BCUT2D eigenvalue weighted by molar-refractivity contribution is 0.0727. The van der Waals surface area contributed by atoms with E-state index < -0.39 is 0 Å². The third kappa shape index (κ3) is 3.68. The number of aromatic nitrogens is 5. The van der Waals surface area contributed by atoms with Crippen LogP contribution in [0.15, 0.2) is 43.4 Å². The average molecular weight is 347 g/mol. The Kier molecular flexibility index (Phi) is 4.71. The van der Waals surface area contributed by atoms with Gasteiger partial charge in [-0.1, -0.05) is 11.6 Å². The van der Waals surface area contributed by atoms with Gasteiger partial charge < -0.3 is 14.0 Å². The number of carbonyl (C=O) groups excluding carboxylic acids is 1. The van der Waals surface area contributed by atoms with Crippen molar-refractivity contribution in [2.45, 2.75) is 13.1 Å². The molecular weight excluding hydrogens is 328 g/mol. The summed E-state index contributed by atoms with van der Waals surface area (Å²) in [7, 11) is 3.68. The van der Waals surface area contributed by atoms with Gasteiger partial charge in [0.15, 0.2) is 0 Å². The number of hydrogen-bond donors (Lipinski definition) is 0. The normalized spacial score (nSPS) is 11.0. The van der Waals surface area contributed by atoms with Gasteiger partial charge in [0.2, 0.25) is 0 Å². The molecular formula is C16H19ClN6O. The number of halogens is 1. The minimum Gasteiger partial charge on any atom is -0.345 e. The van der Waals surface area contributed by atoms with Crippen LogP contribution < -0.4 is 0 Å². The Bertz CT molecular complexity index is 820. The molecule has 0 bridgehead atoms. The number of rotatable bonds is 6. The zero-order chi connectivity index (χ0) is 17.1. The van der Waals surface area contributed by atoms with Crippen molar-refractivity contribution in [3.63, 3.8) is 0 Å². The predicted molar refractivity (Wildman–Crippen MR) is 90.6 cm³/mol. The van der Waals surface area contributed by atoms with Crippen molar-refractivity contribution in [2.24, 2.45) is 14.1 Å². The molecule has 0 fully saturated rings. The smallest absolute Gasteiger partial charge is 0.270 e. The largest absolute Gasteiger partial charge is 0.345 e. The maximum Gasteiger partial charge on any atom is 0.270 e. The van der Waals surface area contributed by atoms with Gasteiger partial charge in [-0.25, -0.2) is 4.98 Å². The first-order valence-corrected chi connectivity index (χ1v) is 7.95. The molecule has 3 aromatic rings. The molecule has 0 spiro atoms. The summed E-state index contributed by atoms with van der Waals surface area (Å²) in [6, 6.07) is 1.69. The van der Waals surface area contributed by atoms with E-state index in [-0.39, 0.29) is 5.91 Å². The van der Waals surface area contributed by atoms with E-state index >= 15 is 0 Å². The molecule has 7 nitrogen and oxygen atoms in total. The van der Waals surface area contributed by atoms with Gasteiger partial charge in [-0.05, 0) is 6.07 Å². The van der Waals surface area contributed by atoms with Crippen molar-refractivity contribution in [1.29, 1.82) is 0 Å². The van der Waals surface area contributed by atoms with Crippen LogP contribution in [0.4, 0.5) is 0 Å². The Labute approximate surface area is 145 Å². The summed E-state index contributed by atoms with van der Waals surface area (Å²) in [4.78, 5) is 18.8. The van der Waals surface area contributed by atoms with E-state index in [9.17, 15) is 4.79 Å². The SMILES string of the molecule is Cn1cc(CN(CCn2ccnc2)C(=O)c2cc(Cl)cn2C)cn1. The summed E-state index contributed by atoms with van der Waals surface area (Å²) in [5, 5.41) is 4.72. The molecule has 3 rings (SSSR count). The van der Waals surface area contributed by atoms with Gasteiger partial charge in [0.25, 0.3) is 5.91 Å². The molecule has 0 saturated carbocycles. The monoisotopic (exact) mass is 346 g/mol. The number of hydrogen-bond acceptors (Lipinski definition) is 3. The lowest BCUT2D eigenvalue weighted by Crippen LogP contribution is -2.34. The molecule has 0 unspecified atom stereocenters. The summed E-state index contributed by atoms with van der Waals surface area (Å²) >= 11 is 6.02. The van der Waals surface area contributed by atoms with Crippen molar-refractivity contribution < 1.29 is 4.79 Å². The van der Waals surface area contributed by atoms with E-state index in [0.29, 0.717) is 30.4 Å². The molecule has 8 heteroatoms. The molecule has 0 saturated heterocycles. The summed E-state index contributed by atoms with van der Waals surface area (Å²) in [6.07, 6.45) is 10.8. The van der Waals surface area contributed by atoms with Crippen LogP contribution in [0.3, 0.4) is 0 Å². The zero-order valence-corrected chi connectivity index (χ0v) is 14.4. The first kappa shape index (κ1) is 16.3. The highest BCUT2D eigenvalue weighted by atomic mass is 35.5. The highest BCUT2D eigenvalue weighted by Gasteiger charge is 2.20.